The summed E-state index contributed by atoms with van der Waals surface area (Å²) in [5.41, 5.74) is -0.951. The molecule has 0 fully saturated rings. The first-order chi connectivity index (χ1) is 12.6. The van der Waals surface area contributed by atoms with Gasteiger partial charge in [-0.15, -0.1) is 20.2 Å². The number of rotatable bonds is 9. The lowest BCUT2D eigenvalue weighted by Crippen LogP contribution is -2.39. The van der Waals surface area contributed by atoms with Crippen LogP contribution in [0.2, 0.25) is 0 Å². The fraction of sp³-hybridized carbons (Fsp3) is 0.615. The lowest BCUT2D eigenvalue weighted by atomic mass is 10.2. The summed E-state index contributed by atoms with van der Waals surface area (Å²) in [6.07, 6.45) is -0.0395. The molecule has 148 valence electrons. The molecule has 0 radical (unpaired) electrons. The summed E-state index contributed by atoms with van der Waals surface area (Å²) in [5, 5.41) is 18.9. The summed E-state index contributed by atoms with van der Waals surface area (Å²) in [4.78, 5) is 58.5. The third-order valence-electron chi connectivity index (χ3n) is 3.84. The maximum absolute atomic E-state index is 12.5. The minimum absolute atomic E-state index is 0.0675. The van der Waals surface area contributed by atoms with Crippen molar-refractivity contribution < 1.29 is 19.8 Å². The summed E-state index contributed by atoms with van der Waals surface area (Å²) >= 11 is 0. The van der Waals surface area contributed by atoms with E-state index in [2.05, 4.69) is 14.7 Å². The zero-order valence-corrected chi connectivity index (χ0v) is 14.8. The lowest BCUT2D eigenvalue weighted by molar-refractivity contribution is -0.774. The number of hydrogen-bond donors (Lipinski definition) is 0. The summed E-state index contributed by atoms with van der Waals surface area (Å²) in [7, 11) is 1.32. The van der Waals surface area contributed by atoms with Gasteiger partial charge >= 0.3 is 5.69 Å². The average molecular weight is 386 g/mol. The van der Waals surface area contributed by atoms with Crippen LogP contribution in [-0.4, -0.2) is 41.6 Å². The van der Waals surface area contributed by atoms with Gasteiger partial charge in [-0.25, -0.2) is 9.78 Å². The number of imidazole rings is 1. The first-order valence-corrected chi connectivity index (χ1v) is 7.88. The highest BCUT2D eigenvalue weighted by Gasteiger charge is 2.21. The van der Waals surface area contributed by atoms with E-state index in [0.29, 0.717) is 0 Å². The maximum atomic E-state index is 12.5. The lowest BCUT2D eigenvalue weighted by Gasteiger charge is -2.16. The highest BCUT2D eigenvalue weighted by Crippen LogP contribution is 2.13. The predicted octanol–water partition coefficient (Wildman–Crippen LogP) is -0.347. The standard InChI is InChI=1S/C13H18N6O8/c1-8(2)17-11-10(12(20)15(3)13(17)21)16(7-14-11)6-9(27-19(24)25)4-5-26-18(22)23/h7-9H,4-6H2,1-3H3. The van der Waals surface area contributed by atoms with E-state index < -0.39 is 34.1 Å². The van der Waals surface area contributed by atoms with Gasteiger partial charge in [-0.3, -0.25) is 13.9 Å². The Kier molecular flexibility index (Phi) is 5.77. The molecule has 1 atom stereocenters. The van der Waals surface area contributed by atoms with E-state index in [1.165, 1.54) is 22.5 Å². The Labute approximate surface area is 150 Å². The van der Waals surface area contributed by atoms with Gasteiger partial charge in [-0.1, -0.05) is 0 Å². The Morgan fingerprint density at radius 1 is 1.22 bits per heavy atom. The molecule has 2 aromatic rings. The molecule has 14 heteroatoms. The molecule has 0 aromatic carbocycles. The van der Waals surface area contributed by atoms with Crippen molar-refractivity contribution in [1.82, 2.24) is 18.7 Å². The highest BCUT2D eigenvalue weighted by atomic mass is 17.0. The number of hydrogen-bond acceptors (Lipinski definition) is 9. The van der Waals surface area contributed by atoms with Gasteiger partial charge in [0.05, 0.1) is 19.5 Å². The van der Waals surface area contributed by atoms with Gasteiger partial charge < -0.3 is 14.2 Å². The second-order valence-electron chi connectivity index (χ2n) is 5.98. The molecule has 0 bridgehead atoms. The van der Waals surface area contributed by atoms with Crippen molar-refractivity contribution in [2.24, 2.45) is 7.05 Å². The number of aromatic nitrogens is 4. The van der Waals surface area contributed by atoms with E-state index in [9.17, 15) is 29.8 Å². The molecule has 0 saturated heterocycles. The molecule has 0 spiro atoms. The molecule has 2 aromatic heterocycles. The summed E-state index contributed by atoms with van der Waals surface area (Å²) in [6, 6.07) is -0.283. The van der Waals surface area contributed by atoms with Gasteiger partial charge in [-0.05, 0) is 20.3 Å². The largest absolute Gasteiger partial charge is 0.332 e. The van der Waals surface area contributed by atoms with Crippen LogP contribution in [0.1, 0.15) is 26.3 Å². The summed E-state index contributed by atoms with van der Waals surface area (Å²) in [5.74, 6) is 0. The van der Waals surface area contributed by atoms with Crippen molar-refractivity contribution in [2.75, 3.05) is 6.61 Å². The van der Waals surface area contributed by atoms with Gasteiger partial charge in [0.1, 0.15) is 6.10 Å². The topological polar surface area (TPSA) is 167 Å². The summed E-state index contributed by atoms with van der Waals surface area (Å²) < 4.78 is 3.56. The molecule has 0 N–H and O–H groups in total. The van der Waals surface area contributed by atoms with Crippen LogP contribution >= 0.6 is 0 Å². The zero-order valence-electron chi connectivity index (χ0n) is 14.8. The van der Waals surface area contributed by atoms with Crippen molar-refractivity contribution in [3.8, 4) is 0 Å². The first-order valence-electron chi connectivity index (χ1n) is 7.88. The van der Waals surface area contributed by atoms with E-state index in [1.54, 1.807) is 13.8 Å². The fourth-order valence-electron chi connectivity index (χ4n) is 2.65. The van der Waals surface area contributed by atoms with Crippen LogP contribution in [0.3, 0.4) is 0 Å². The monoisotopic (exact) mass is 386 g/mol. The maximum Gasteiger partial charge on any atom is 0.332 e. The molecule has 0 amide bonds. The van der Waals surface area contributed by atoms with Gasteiger partial charge in [0.2, 0.25) is 0 Å². The Balaban J connectivity index is 2.44. The smallest absolute Gasteiger partial charge is 0.322 e. The molecular weight excluding hydrogens is 368 g/mol. The van der Waals surface area contributed by atoms with Gasteiger partial charge in [0.25, 0.3) is 15.7 Å². The zero-order chi connectivity index (χ0) is 20.3. The Morgan fingerprint density at radius 3 is 2.44 bits per heavy atom. The third-order valence-corrected chi connectivity index (χ3v) is 3.84. The normalized spacial score (nSPS) is 12.3. The van der Waals surface area contributed by atoms with Gasteiger partial charge in [0.15, 0.2) is 11.2 Å². The quantitative estimate of drug-likeness (QED) is 0.413. The third kappa shape index (κ3) is 4.21. The minimum Gasteiger partial charge on any atom is -0.322 e. The van der Waals surface area contributed by atoms with Crippen molar-refractivity contribution in [1.29, 1.82) is 0 Å². The molecular formula is C13H18N6O8. The molecule has 2 heterocycles. The second kappa shape index (κ2) is 7.84. The van der Waals surface area contributed by atoms with Crippen LogP contribution in [0, 0.1) is 20.2 Å². The SMILES string of the molecule is CC(C)n1c(=O)n(C)c(=O)c2c1ncn2CC(CCO[N+](=O)[O-])O[N+](=O)[O-]. The second-order valence-corrected chi connectivity index (χ2v) is 5.98. The Bertz CT molecular complexity index is 974. The van der Waals surface area contributed by atoms with E-state index in [-0.39, 0.29) is 30.2 Å². The van der Waals surface area contributed by atoms with Crippen molar-refractivity contribution >= 4 is 11.2 Å². The molecule has 0 saturated carbocycles. The molecule has 14 nitrogen and oxygen atoms in total. The molecule has 0 aliphatic heterocycles. The van der Waals surface area contributed by atoms with E-state index in [1.807, 2.05) is 0 Å². The molecule has 1 unspecified atom stereocenters. The van der Waals surface area contributed by atoms with Gasteiger partial charge in [0, 0.05) is 13.1 Å². The molecule has 2 rings (SSSR count). The predicted molar refractivity (Wildman–Crippen MR) is 89.0 cm³/mol. The minimum atomic E-state index is -1.12. The van der Waals surface area contributed by atoms with Crippen LogP contribution in [-0.2, 0) is 23.3 Å². The highest BCUT2D eigenvalue weighted by molar-refractivity contribution is 5.70. The van der Waals surface area contributed by atoms with Crippen molar-refractivity contribution in [2.45, 2.75) is 39.0 Å². The molecule has 0 aliphatic rings. The van der Waals surface area contributed by atoms with Crippen LogP contribution in [0.4, 0.5) is 0 Å². The van der Waals surface area contributed by atoms with Crippen molar-refractivity contribution in [3.05, 3.63) is 47.4 Å². The summed E-state index contributed by atoms with van der Waals surface area (Å²) in [6.45, 7) is 2.88. The van der Waals surface area contributed by atoms with E-state index in [4.69, 9.17) is 0 Å². The number of nitrogens with zero attached hydrogens (tertiary/aromatic N) is 6. The Morgan fingerprint density at radius 2 is 1.89 bits per heavy atom. The van der Waals surface area contributed by atoms with Crippen LogP contribution in [0.15, 0.2) is 15.9 Å². The molecule has 27 heavy (non-hydrogen) atoms. The van der Waals surface area contributed by atoms with E-state index >= 15 is 0 Å². The fourth-order valence-corrected chi connectivity index (χ4v) is 2.65. The van der Waals surface area contributed by atoms with Gasteiger partial charge in [-0.2, -0.15) is 0 Å². The van der Waals surface area contributed by atoms with Crippen molar-refractivity contribution in [3.63, 3.8) is 0 Å². The van der Waals surface area contributed by atoms with Crippen LogP contribution in [0.25, 0.3) is 11.2 Å². The van der Waals surface area contributed by atoms with Crippen LogP contribution < -0.4 is 11.2 Å². The van der Waals surface area contributed by atoms with E-state index in [0.717, 1.165) is 4.57 Å². The number of fused-ring (bicyclic) bond motifs is 1. The molecule has 0 aliphatic carbocycles. The first kappa shape index (κ1) is 19.9. The Hall–Kier alpha value is -3.45. The average Bonchev–Trinajstić information content (AvgIpc) is 2.94. The van der Waals surface area contributed by atoms with Crippen LogP contribution in [0.5, 0.6) is 0 Å².